The Bertz CT molecular complexity index is 1070. The summed E-state index contributed by atoms with van der Waals surface area (Å²) in [5.41, 5.74) is 4.61. The zero-order chi connectivity index (χ0) is 23.8. The quantitative estimate of drug-likeness (QED) is 0.401. The third kappa shape index (κ3) is 6.94. The fourth-order valence-electron chi connectivity index (χ4n) is 4.74. The van der Waals surface area contributed by atoms with Gasteiger partial charge in [-0.3, -0.25) is 4.79 Å². The van der Waals surface area contributed by atoms with E-state index >= 15 is 0 Å². The standard InChI is InChI=1S/C29H39N3O2/c1-3-4-8-23-17-24(18-26(33)9-7-12-32-15-13-31(2)14-16-32)20-27(19-23)34-22-25-21-30-29-11-6-5-10-28(25)29/h5-6,10-11,17,19-21,30H,3-4,7-9,12-16,18,22H2,1-2H3. The molecule has 1 N–H and O–H groups in total. The number of hydrogen-bond donors (Lipinski definition) is 1. The molecule has 0 radical (unpaired) electrons. The SMILES string of the molecule is CCCCc1cc(CC(=O)CCCN2CCN(C)CC2)cc(OCc2c[nH]c3ccccc23)c1. The third-order valence-corrected chi connectivity index (χ3v) is 6.84. The highest BCUT2D eigenvalue weighted by molar-refractivity contribution is 5.83. The van der Waals surface area contributed by atoms with Crippen molar-refractivity contribution in [1.82, 2.24) is 14.8 Å². The first-order valence-electron chi connectivity index (χ1n) is 12.8. The van der Waals surface area contributed by atoms with Crippen LogP contribution in [0.2, 0.25) is 0 Å². The molecule has 1 fully saturated rings. The molecule has 0 atom stereocenters. The Kier molecular flexibility index (Phi) is 8.78. The molecule has 0 spiro atoms. The monoisotopic (exact) mass is 461 g/mol. The van der Waals surface area contributed by atoms with Crippen molar-refractivity contribution in [2.45, 2.75) is 52.1 Å². The predicted molar refractivity (Wildman–Crippen MR) is 140 cm³/mol. The lowest BCUT2D eigenvalue weighted by Gasteiger charge is -2.32. The van der Waals surface area contributed by atoms with Gasteiger partial charge in [0.2, 0.25) is 0 Å². The summed E-state index contributed by atoms with van der Waals surface area (Å²) < 4.78 is 6.23. The summed E-state index contributed by atoms with van der Waals surface area (Å²) in [5, 5.41) is 1.19. The number of likely N-dealkylation sites (N-methyl/N-ethyl adjacent to an activating group) is 1. The second-order valence-electron chi connectivity index (χ2n) is 9.70. The van der Waals surface area contributed by atoms with Gasteiger partial charge in [-0.05, 0) is 62.2 Å². The molecule has 2 heterocycles. The van der Waals surface area contributed by atoms with Crippen molar-refractivity contribution >= 4 is 16.7 Å². The Hall–Kier alpha value is -2.63. The average molecular weight is 462 g/mol. The molecule has 34 heavy (non-hydrogen) atoms. The number of ketones is 1. The largest absolute Gasteiger partial charge is 0.489 e. The zero-order valence-electron chi connectivity index (χ0n) is 20.8. The number of para-hydroxylation sites is 1. The molecule has 1 aromatic heterocycles. The molecule has 1 aliphatic heterocycles. The van der Waals surface area contributed by atoms with Crippen molar-refractivity contribution in [2.75, 3.05) is 39.8 Å². The van der Waals surface area contributed by atoms with E-state index in [1.165, 1.54) is 10.9 Å². The number of aromatic amines is 1. The molecule has 0 bridgehead atoms. The number of H-pyrrole nitrogens is 1. The maximum Gasteiger partial charge on any atom is 0.137 e. The van der Waals surface area contributed by atoms with E-state index in [1.54, 1.807) is 0 Å². The van der Waals surface area contributed by atoms with Crippen LogP contribution in [0.4, 0.5) is 0 Å². The first kappa shape index (κ1) is 24.5. The van der Waals surface area contributed by atoms with Gasteiger partial charge in [0.15, 0.2) is 0 Å². The summed E-state index contributed by atoms with van der Waals surface area (Å²) in [6.45, 7) is 8.22. The van der Waals surface area contributed by atoms with E-state index in [0.29, 0.717) is 25.2 Å². The maximum absolute atomic E-state index is 12.8. The fourth-order valence-corrected chi connectivity index (χ4v) is 4.74. The van der Waals surface area contributed by atoms with Gasteiger partial charge in [-0.2, -0.15) is 0 Å². The Morgan fingerprint density at radius 2 is 1.82 bits per heavy atom. The van der Waals surface area contributed by atoms with Gasteiger partial charge in [-0.1, -0.05) is 37.6 Å². The minimum Gasteiger partial charge on any atom is -0.489 e. The molecule has 1 saturated heterocycles. The number of ether oxygens (including phenoxy) is 1. The van der Waals surface area contributed by atoms with Gasteiger partial charge in [0.25, 0.3) is 0 Å². The number of benzene rings is 2. The zero-order valence-corrected chi connectivity index (χ0v) is 20.8. The second-order valence-corrected chi connectivity index (χ2v) is 9.70. The van der Waals surface area contributed by atoms with Crippen molar-refractivity contribution in [3.63, 3.8) is 0 Å². The van der Waals surface area contributed by atoms with E-state index in [0.717, 1.165) is 80.8 Å². The number of carbonyl (C=O) groups is 1. The number of carbonyl (C=O) groups excluding carboxylic acids is 1. The topological polar surface area (TPSA) is 48.6 Å². The predicted octanol–water partition coefficient (Wildman–Crippen LogP) is 5.23. The van der Waals surface area contributed by atoms with Crippen LogP contribution in [0, 0.1) is 0 Å². The Morgan fingerprint density at radius 3 is 2.65 bits per heavy atom. The lowest BCUT2D eigenvalue weighted by molar-refractivity contribution is -0.118. The van der Waals surface area contributed by atoms with Crippen LogP contribution in [0.5, 0.6) is 5.75 Å². The second kappa shape index (κ2) is 12.2. The van der Waals surface area contributed by atoms with Crippen LogP contribution in [0.1, 0.15) is 49.3 Å². The van der Waals surface area contributed by atoms with Gasteiger partial charge in [0.1, 0.15) is 18.1 Å². The van der Waals surface area contributed by atoms with Crippen molar-refractivity contribution in [1.29, 1.82) is 0 Å². The van der Waals surface area contributed by atoms with Crippen LogP contribution in [0.3, 0.4) is 0 Å². The number of aromatic nitrogens is 1. The van der Waals surface area contributed by atoms with Crippen molar-refractivity contribution in [2.24, 2.45) is 0 Å². The van der Waals surface area contributed by atoms with Crippen LogP contribution >= 0.6 is 0 Å². The first-order chi connectivity index (χ1) is 16.6. The van der Waals surface area contributed by atoms with Gasteiger partial charge in [0.05, 0.1) is 0 Å². The first-order valence-corrected chi connectivity index (χ1v) is 12.8. The minimum absolute atomic E-state index is 0.323. The molecule has 2 aromatic carbocycles. The van der Waals surface area contributed by atoms with E-state index in [2.05, 4.69) is 65.2 Å². The highest BCUT2D eigenvalue weighted by Gasteiger charge is 2.14. The third-order valence-electron chi connectivity index (χ3n) is 6.84. The van der Waals surface area contributed by atoms with Crippen LogP contribution < -0.4 is 4.74 Å². The minimum atomic E-state index is 0.323. The molecule has 5 nitrogen and oxygen atoms in total. The molecule has 0 unspecified atom stereocenters. The molecule has 0 aliphatic carbocycles. The Morgan fingerprint density at radius 1 is 1.03 bits per heavy atom. The molecular weight excluding hydrogens is 422 g/mol. The molecule has 3 aromatic rings. The van der Waals surface area contributed by atoms with E-state index in [4.69, 9.17) is 4.74 Å². The number of aryl methyl sites for hydroxylation is 1. The summed E-state index contributed by atoms with van der Waals surface area (Å²) in [7, 11) is 2.17. The number of rotatable bonds is 12. The molecule has 0 saturated carbocycles. The van der Waals surface area contributed by atoms with Crippen LogP contribution in [-0.4, -0.2) is 60.3 Å². The van der Waals surface area contributed by atoms with E-state index in [-0.39, 0.29) is 0 Å². The van der Waals surface area contributed by atoms with Crippen LogP contribution in [0.25, 0.3) is 10.9 Å². The number of nitrogens with one attached hydrogen (secondary N) is 1. The summed E-state index contributed by atoms with van der Waals surface area (Å²) >= 11 is 0. The van der Waals surface area contributed by atoms with Gasteiger partial charge in [-0.25, -0.2) is 0 Å². The van der Waals surface area contributed by atoms with Crippen molar-refractivity contribution in [3.8, 4) is 5.75 Å². The summed E-state index contributed by atoms with van der Waals surface area (Å²) in [6.07, 6.45) is 7.43. The van der Waals surface area contributed by atoms with E-state index in [9.17, 15) is 4.79 Å². The number of fused-ring (bicyclic) bond motifs is 1. The van der Waals surface area contributed by atoms with E-state index in [1.807, 2.05) is 12.3 Å². The van der Waals surface area contributed by atoms with Crippen molar-refractivity contribution in [3.05, 3.63) is 65.4 Å². The summed E-state index contributed by atoms with van der Waals surface area (Å²) in [4.78, 5) is 20.9. The molecule has 0 amide bonds. The molecule has 1 aliphatic rings. The summed E-state index contributed by atoms with van der Waals surface area (Å²) in [5.74, 6) is 1.18. The van der Waals surface area contributed by atoms with Crippen LogP contribution in [0.15, 0.2) is 48.7 Å². The molecular formula is C29H39N3O2. The number of piperazine rings is 1. The van der Waals surface area contributed by atoms with Gasteiger partial charge < -0.3 is 19.5 Å². The number of nitrogens with zero attached hydrogens (tertiary/aromatic N) is 2. The molecule has 4 rings (SSSR count). The van der Waals surface area contributed by atoms with Gasteiger partial charge in [-0.15, -0.1) is 0 Å². The maximum atomic E-state index is 12.8. The molecule has 182 valence electrons. The highest BCUT2D eigenvalue weighted by atomic mass is 16.5. The normalized spacial score (nSPS) is 15.1. The number of hydrogen-bond acceptors (Lipinski definition) is 4. The Labute approximate surface area is 204 Å². The smallest absolute Gasteiger partial charge is 0.137 e. The van der Waals surface area contributed by atoms with Crippen LogP contribution in [-0.2, 0) is 24.2 Å². The fraction of sp³-hybridized carbons (Fsp3) is 0.483. The van der Waals surface area contributed by atoms with Crippen molar-refractivity contribution < 1.29 is 9.53 Å². The summed E-state index contributed by atoms with van der Waals surface area (Å²) in [6, 6.07) is 14.7. The van der Waals surface area contributed by atoms with Gasteiger partial charge >= 0.3 is 0 Å². The number of unbranched alkanes of at least 4 members (excludes halogenated alkanes) is 1. The molecule has 5 heteroatoms. The average Bonchev–Trinajstić information content (AvgIpc) is 3.26. The Balaban J connectivity index is 1.35. The number of Topliss-reactive ketones (excluding diaryl/α,β-unsaturated/α-hetero) is 1. The lowest BCUT2D eigenvalue weighted by Crippen LogP contribution is -2.44. The van der Waals surface area contributed by atoms with Gasteiger partial charge in [0, 0.05) is 61.7 Å². The highest BCUT2D eigenvalue weighted by Crippen LogP contribution is 2.24. The lowest BCUT2D eigenvalue weighted by atomic mass is 10.00. The van der Waals surface area contributed by atoms with E-state index < -0.39 is 0 Å².